The first-order valence-corrected chi connectivity index (χ1v) is 6.29. The molecule has 1 heterocycles. The largest absolute Gasteiger partial charge is 1.00 e. The van der Waals surface area contributed by atoms with Crippen molar-refractivity contribution in [1.29, 1.82) is 0 Å². The predicted molar refractivity (Wildman–Crippen MR) is 70.8 cm³/mol. The van der Waals surface area contributed by atoms with Crippen molar-refractivity contribution in [3.8, 4) is 0 Å². The van der Waals surface area contributed by atoms with Crippen LogP contribution in [0.3, 0.4) is 0 Å². The van der Waals surface area contributed by atoms with E-state index in [2.05, 4.69) is 14.1 Å². The van der Waals surface area contributed by atoms with Crippen LogP contribution < -0.4 is 24.0 Å². The van der Waals surface area contributed by atoms with Gasteiger partial charge in [0, 0.05) is 6.42 Å². The number of esters is 1. The van der Waals surface area contributed by atoms with Crippen LogP contribution in [0, 0.1) is 0 Å². The van der Waals surface area contributed by atoms with Crippen LogP contribution in [0.2, 0.25) is 0 Å². The Labute approximate surface area is 131 Å². The maximum Gasteiger partial charge on any atom is 0.339 e. The summed E-state index contributed by atoms with van der Waals surface area (Å²) < 4.78 is 6.20. The number of quaternary nitrogens is 1. The van der Waals surface area contributed by atoms with Crippen LogP contribution in [-0.4, -0.2) is 37.6 Å². The van der Waals surface area contributed by atoms with E-state index >= 15 is 0 Å². The molecule has 0 bridgehead atoms. The average molecular weight is 373 g/mol. The van der Waals surface area contributed by atoms with E-state index in [4.69, 9.17) is 4.74 Å². The van der Waals surface area contributed by atoms with Crippen molar-refractivity contribution >= 4 is 5.97 Å². The summed E-state index contributed by atoms with van der Waals surface area (Å²) in [5.74, 6) is -0.176. The summed E-state index contributed by atoms with van der Waals surface area (Å²) >= 11 is 0. The number of carbonyl (C=O) groups is 1. The topological polar surface area (TPSA) is 26.3 Å². The Morgan fingerprint density at radius 1 is 1.26 bits per heavy atom. The van der Waals surface area contributed by atoms with Gasteiger partial charge < -0.3 is 33.2 Å². The predicted octanol–water partition coefficient (Wildman–Crippen LogP) is -0.860. The molecule has 19 heavy (non-hydrogen) atoms. The highest BCUT2D eigenvalue weighted by molar-refractivity contribution is 5.88. The molecule has 104 valence electrons. The summed E-state index contributed by atoms with van der Waals surface area (Å²) in [5.41, 5.74) is 1.83. The molecule has 0 amide bonds. The van der Waals surface area contributed by atoms with Crippen molar-refractivity contribution in [2.24, 2.45) is 0 Å². The maximum absolute atomic E-state index is 12.0. The van der Waals surface area contributed by atoms with Gasteiger partial charge in [0.05, 0.1) is 26.2 Å². The zero-order valence-electron chi connectivity index (χ0n) is 11.4. The van der Waals surface area contributed by atoms with Gasteiger partial charge in [0.1, 0.15) is 13.2 Å². The molecule has 2 rings (SSSR count). The van der Waals surface area contributed by atoms with E-state index < -0.39 is 0 Å². The van der Waals surface area contributed by atoms with Crippen LogP contribution in [0.5, 0.6) is 0 Å². The molecule has 1 aliphatic rings. The van der Waals surface area contributed by atoms with Crippen LogP contribution in [0.25, 0.3) is 0 Å². The second kappa shape index (κ2) is 7.05. The minimum atomic E-state index is -0.176. The van der Waals surface area contributed by atoms with Gasteiger partial charge in [-0.15, -0.1) is 0 Å². The molecule has 0 atom stereocenters. The number of likely N-dealkylation sites (N-methyl/N-ethyl adjacent to an activating group) is 1. The van der Waals surface area contributed by atoms with Crippen LogP contribution in [-0.2, 0) is 16.1 Å². The fourth-order valence-corrected chi connectivity index (χ4v) is 2.16. The molecular formula is C15H20INO2. The van der Waals surface area contributed by atoms with Crippen molar-refractivity contribution in [2.45, 2.75) is 13.0 Å². The lowest BCUT2D eigenvalue weighted by Gasteiger charge is -2.32. The lowest BCUT2D eigenvalue weighted by atomic mass is 10.1. The number of nitrogens with zero attached hydrogens (tertiary/aromatic N) is 1. The van der Waals surface area contributed by atoms with Crippen molar-refractivity contribution in [2.75, 3.05) is 27.2 Å². The average Bonchev–Trinajstić information content (AvgIpc) is 2.36. The van der Waals surface area contributed by atoms with Gasteiger partial charge in [-0.3, -0.25) is 0 Å². The highest BCUT2D eigenvalue weighted by atomic mass is 127. The first kappa shape index (κ1) is 16.2. The summed E-state index contributed by atoms with van der Waals surface area (Å²) in [5, 5.41) is 0. The quantitative estimate of drug-likeness (QED) is 0.392. The molecule has 1 aliphatic heterocycles. The van der Waals surface area contributed by atoms with Gasteiger partial charge in [-0.05, 0) is 5.56 Å². The molecular weight excluding hydrogens is 353 g/mol. The summed E-state index contributed by atoms with van der Waals surface area (Å²) in [6, 6.07) is 9.77. The first-order chi connectivity index (χ1) is 8.57. The molecule has 0 unspecified atom stereocenters. The molecule has 0 aromatic heterocycles. The Kier molecular flexibility index (Phi) is 6.00. The smallest absolute Gasteiger partial charge is 0.339 e. The Hall–Kier alpha value is -0.880. The molecule has 1 aromatic carbocycles. The van der Waals surface area contributed by atoms with E-state index in [1.54, 1.807) is 0 Å². The van der Waals surface area contributed by atoms with Gasteiger partial charge in [-0.1, -0.05) is 36.4 Å². The molecule has 0 saturated carbocycles. The Morgan fingerprint density at radius 2 is 1.95 bits per heavy atom. The third kappa shape index (κ3) is 4.95. The first-order valence-electron chi connectivity index (χ1n) is 6.29. The molecule has 0 saturated heterocycles. The van der Waals surface area contributed by atoms with Crippen LogP contribution in [0.1, 0.15) is 12.0 Å². The Balaban J connectivity index is 0.00000180. The summed E-state index contributed by atoms with van der Waals surface area (Å²) in [7, 11) is 4.27. The Morgan fingerprint density at radius 3 is 2.58 bits per heavy atom. The zero-order valence-corrected chi connectivity index (χ0v) is 13.6. The number of hydrogen-bond acceptors (Lipinski definition) is 2. The Bertz CT molecular complexity index is 454. The van der Waals surface area contributed by atoms with E-state index in [-0.39, 0.29) is 29.9 Å². The summed E-state index contributed by atoms with van der Waals surface area (Å²) in [6.07, 6.45) is 2.96. The van der Waals surface area contributed by atoms with Crippen LogP contribution in [0.4, 0.5) is 0 Å². The maximum atomic E-state index is 12.0. The molecule has 0 radical (unpaired) electrons. The second-order valence-corrected chi connectivity index (χ2v) is 5.40. The zero-order chi connectivity index (χ0) is 13.0. The molecule has 4 heteroatoms. The van der Waals surface area contributed by atoms with Gasteiger partial charge in [0.2, 0.25) is 0 Å². The number of benzene rings is 1. The van der Waals surface area contributed by atoms with E-state index in [0.717, 1.165) is 35.1 Å². The molecule has 1 aromatic rings. The van der Waals surface area contributed by atoms with Gasteiger partial charge in [0.15, 0.2) is 0 Å². The number of carbonyl (C=O) groups excluding carboxylic acids is 1. The van der Waals surface area contributed by atoms with Crippen molar-refractivity contribution < 1.29 is 38.0 Å². The SMILES string of the molecule is C[N+]1(C)CCC=C(C(=O)OCc2ccccc2)C1.[I-]. The number of hydrogen-bond donors (Lipinski definition) is 0. The van der Waals surface area contributed by atoms with E-state index in [1.165, 1.54) is 0 Å². The lowest BCUT2D eigenvalue weighted by molar-refractivity contribution is -0.886. The normalized spacial score (nSPS) is 17.1. The highest BCUT2D eigenvalue weighted by Crippen LogP contribution is 2.15. The third-order valence-corrected chi connectivity index (χ3v) is 3.20. The molecule has 0 aliphatic carbocycles. The number of rotatable bonds is 3. The molecule has 0 spiro atoms. The van der Waals surface area contributed by atoms with Gasteiger partial charge in [0.25, 0.3) is 0 Å². The van der Waals surface area contributed by atoms with E-state index in [0.29, 0.717) is 6.61 Å². The van der Waals surface area contributed by atoms with Gasteiger partial charge in [-0.2, -0.15) is 0 Å². The third-order valence-electron chi connectivity index (χ3n) is 3.20. The monoisotopic (exact) mass is 373 g/mol. The summed E-state index contributed by atoms with van der Waals surface area (Å²) in [6.45, 7) is 2.19. The minimum Gasteiger partial charge on any atom is -1.00 e. The second-order valence-electron chi connectivity index (χ2n) is 5.40. The molecule has 0 N–H and O–H groups in total. The number of halogens is 1. The standard InChI is InChI=1S/C15H20NO2.HI/c1-16(2)10-6-9-14(11-16)15(17)18-12-13-7-4-3-5-8-13;/h3-5,7-9H,6,10-12H2,1-2H3;1H/q+1;/p-1. The number of ether oxygens (including phenoxy) is 1. The molecule has 3 nitrogen and oxygen atoms in total. The summed E-state index contributed by atoms with van der Waals surface area (Å²) in [4.78, 5) is 12.0. The van der Waals surface area contributed by atoms with Crippen molar-refractivity contribution in [3.05, 3.63) is 47.5 Å². The van der Waals surface area contributed by atoms with Crippen molar-refractivity contribution in [3.63, 3.8) is 0 Å². The molecule has 0 fully saturated rings. The van der Waals surface area contributed by atoms with Crippen LogP contribution >= 0.6 is 0 Å². The minimum absolute atomic E-state index is 0. The van der Waals surface area contributed by atoms with Gasteiger partial charge in [-0.25, -0.2) is 4.79 Å². The van der Waals surface area contributed by atoms with E-state index in [1.807, 2.05) is 36.4 Å². The van der Waals surface area contributed by atoms with Crippen LogP contribution in [0.15, 0.2) is 42.0 Å². The fraction of sp³-hybridized carbons (Fsp3) is 0.400. The van der Waals surface area contributed by atoms with E-state index in [9.17, 15) is 4.79 Å². The van der Waals surface area contributed by atoms with Crippen molar-refractivity contribution in [1.82, 2.24) is 0 Å². The lowest BCUT2D eigenvalue weighted by Crippen LogP contribution is -3.00. The van der Waals surface area contributed by atoms with Gasteiger partial charge >= 0.3 is 5.97 Å². The highest BCUT2D eigenvalue weighted by Gasteiger charge is 2.26. The fourth-order valence-electron chi connectivity index (χ4n) is 2.16.